The number of rotatable bonds is 2. The quantitative estimate of drug-likeness (QED) is 0.877. The molecule has 2 rings (SSSR count). The van der Waals surface area contributed by atoms with Crippen LogP contribution in [0.5, 0.6) is 0 Å². The maximum absolute atomic E-state index is 12.4. The highest BCUT2D eigenvalue weighted by Crippen LogP contribution is 2.38. The minimum absolute atomic E-state index is 0.211. The molecular weight excluding hydrogens is 269 g/mol. The molecule has 1 amide bonds. The standard InChI is InChI=1S/C14H17F3N2O/c1-13(8-2-3-11(13)18)12(20)19-10-6-4-9(5-7-10)14(15,16)17/h4-7,11H,2-3,8,18H2,1H3,(H,19,20). The number of carbonyl (C=O) groups excluding carboxylic acids is 1. The molecule has 3 nitrogen and oxygen atoms in total. The van der Waals surface area contributed by atoms with Gasteiger partial charge in [0.2, 0.25) is 5.91 Å². The molecule has 0 radical (unpaired) electrons. The summed E-state index contributed by atoms with van der Waals surface area (Å²) in [6, 6.07) is 4.20. The Balaban J connectivity index is 2.09. The number of nitrogens with two attached hydrogens (primary N) is 1. The van der Waals surface area contributed by atoms with Crippen molar-refractivity contribution in [3.63, 3.8) is 0 Å². The van der Waals surface area contributed by atoms with E-state index in [9.17, 15) is 18.0 Å². The summed E-state index contributed by atoms with van der Waals surface area (Å²) in [5.74, 6) is -0.234. The first kappa shape index (κ1) is 14.8. The lowest BCUT2D eigenvalue weighted by atomic mass is 9.84. The van der Waals surface area contributed by atoms with E-state index in [0.29, 0.717) is 12.1 Å². The summed E-state index contributed by atoms with van der Waals surface area (Å²) in [6.07, 6.45) is -2.00. The molecule has 0 saturated heterocycles. The Kier molecular flexibility index (Phi) is 3.77. The predicted octanol–water partition coefficient (Wildman–Crippen LogP) is 3.16. The van der Waals surface area contributed by atoms with Crippen LogP contribution in [0, 0.1) is 5.41 Å². The highest BCUT2D eigenvalue weighted by molar-refractivity contribution is 5.95. The first-order chi connectivity index (χ1) is 9.23. The Bertz CT molecular complexity index is 498. The minimum atomic E-state index is -4.37. The SMILES string of the molecule is CC1(C(=O)Nc2ccc(C(F)(F)F)cc2)CCCC1N. The molecule has 1 aliphatic rings. The Hall–Kier alpha value is -1.56. The summed E-state index contributed by atoms with van der Waals surface area (Å²) < 4.78 is 37.3. The van der Waals surface area contributed by atoms with Crippen LogP contribution >= 0.6 is 0 Å². The van der Waals surface area contributed by atoms with E-state index in [1.165, 1.54) is 12.1 Å². The molecule has 1 aromatic rings. The van der Waals surface area contributed by atoms with Crippen LogP contribution in [0.15, 0.2) is 24.3 Å². The number of carbonyl (C=O) groups is 1. The second-order valence-electron chi connectivity index (χ2n) is 5.45. The Labute approximate surface area is 115 Å². The van der Waals surface area contributed by atoms with E-state index < -0.39 is 17.2 Å². The largest absolute Gasteiger partial charge is 0.416 e. The van der Waals surface area contributed by atoms with Crippen molar-refractivity contribution in [1.82, 2.24) is 0 Å². The van der Waals surface area contributed by atoms with Crippen molar-refractivity contribution in [3.8, 4) is 0 Å². The van der Waals surface area contributed by atoms with Crippen molar-refractivity contribution in [2.24, 2.45) is 11.1 Å². The van der Waals surface area contributed by atoms with Crippen molar-refractivity contribution < 1.29 is 18.0 Å². The number of anilines is 1. The Morgan fingerprint density at radius 1 is 1.35 bits per heavy atom. The van der Waals surface area contributed by atoms with Gasteiger partial charge < -0.3 is 11.1 Å². The van der Waals surface area contributed by atoms with E-state index in [0.717, 1.165) is 25.0 Å². The lowest BCUT2D eigenvalue weighted by Crippen LogP contribution is -2.44. The summed E-state index contributed by atoms with van der Waals surface area (Å²) in [7, 11) is 0. The lowest BCUT2D eigenvalue weighted by molar-refractivity contribution is -0.137. The van der Waals surface area contributed by atoms with Gasteiger partial charge >= 0.3 is 6.18 Å². The number of alkyl halides is 3. The van der Waals surface area contributed by atoms with Crippen molar-refractivity contribution in [2.45, 2.75) is 38.4 Å². The summed E-state index contributed by atoms with van der Waals surface area (Å²) >= 11 is 0. The zero-order valence-electron chi connectivity index (χ0n) is 11.1. The molecule has 1 saturated carbocycles. The van der Waals surface area contributed by atoms with Crippen LogP contribution in [0.2, 0.25) is 0 Å². The van der Waals surface area contributed by atoms with Gasteiger partial charge in [0.1, 0.15) is 0 Å². The first-order valence-corrected chi connectivity index (χ1v) is 6.48. The molecule has 1 fully saturated rings. The highest BCUT2D eigenvalue weighted by Gasteiger charge is 2.43. The molecule has 0 heterocycles. The van der Waals surface area contributed by atoms with Gasteiger partial charge in [-0.25, -0.2) is 0 Å². The molecular formula is C14H17F3N2O. The number of amides is 1. The van der Waals surface area contributed by atoms with Gasteiger partial charge in [-0.3, -0.25) is 4.79 Å². The summed E-state index contributed by atoms with van der Waals surface area (Å²) in [4.78, 5) is 12.2. The van der Waals surface area contributed by atoms with Crippen LogP contribution < -0.4 is 11.1 Å². The lowest BCUT2D eigenvalue weighted by Gasteiger charge is -2.27. The van der Waals surface area contributed by atoms with Gasteiger partial charge in [0.25, 0.3) is 0 Å². The molecule has 6 heteroatoms. The van der Waals surface area contributed by atoms with Gasteiger partial charge in [0, 0.05) is 11.7 Å². The van der Waals surface area contributed by atoms with Crippen LogP contribution in [0.3, 0.4) is 0 Å². The second-order valence-corrected chi connectivity index (χ2v) is 5.45. The predicted molar refractivity (Wildman–Crippen MR) is 70.0 cm³/mol. The van der Waals surface area contributed by atoms with Crippen molar-refractivity contribution >= 4 is 11.6 Å². The summed E-state index contributed by atoms with van der Waals surface area (Å²) in [6.45, 7) is 1.80. The second kappa shape index (κ2) is 5.09. The van der Waals surface area contributed by atoms with Gasteiger partial charge in [-0.15, -0.1) is 0 Å². The fourth-order valence-corrected chi connectivity index (χ4v) is 2.49. The molecule has 0 spiro atoms. The number of hydrogen-bond acceptors (Lipinski definition) is 2. The maximum atomic E-state index is 12.4. The number of nitrogens with one attached hydrogen (secondary N) is 1. The van der Waals surface area contributed by atoms with E-state index in [1.54, 1.807) is 6.92 Å². The van der Waals surface area contributed by atoms with Crippen LogP contribution in [-0.2, 0) is 11.0 Å². The summed E-state index contributed by atoms with van der Waals surface area (Å²) in [5, 5.41) is 2.65. The van der Waals surface area contributed by atoms with Gasteiger partial charge in [-0.05, 0) is 44.0 Å². The topological polar surface area (TPSA) is 55.1 Å². The normalized spacial score (nSPS) is 26.6. The molecule has 1 aliphatic carbocycles. The van der Waals surface area contributed by atoms with Crippen LogP contribution in [0.25, 0.3) is 0 Å². The smallest absolute Gasteiger partial charge is 0.327 e. The minimum Gasteiger partial charge on any atom is -0.327 e. The highest BCUT2D eigenvalue weighted by atomic mass is 19.4. The molecule has 2 atom stereocenters. The zero-order chi connectivity index (χ0) is 15.0. The third-order valence-electron chi connectivity index (χ3n) is 4.02. The van der Waals surface area contributed by atoms with E-state index in [-0.39, 0.29) is 11.9 Å². The average Bonchev–Trinajstić information content (AvgIpc) is 2.70. The van der Waals surface area contributed by atoms with Crippen LogP contribution in [0.4, 0.5) is 18.9 Å². The first-order valence-electron chi connectivity index (χ1n) is 6.48. The molecule has 3 N–H and O–H groups in total. The Morgan fingerprint density at radius 3 is 2.40 bits per heavy atom. The van der Waals surface area contributed by atoms with Crippen LogP contribution in [0.1, 0.15) is 31.7 Å². The molecule has 2 unspecified atom stereocenters. The van der Waals surface area contributed by atoms with Crippen molar-refractivity contribution in [3.05, 3.63) is 29.8 Å². The number of hydrogen-bond donors (Lipinski definition) is 2. The molecule has 110 valence electrons. The number of benzene rings is 1. The molecule has 1 aromatic carbocycles. The average molecular weight is 286 g/mol. The molecule has 0 bridgehead atoms. The third-order valence-corrected chi connectivity index (χ3v) is 4.02. The van der Waals surface area contributed by atoms with Crippen molar-refractivity contribution in [1.29, 1.82) is 0 Å². The van der Waals surface area contributed by atoms with E-state index in [1.807, 2.05) is 0 Å². The monoisotopic (exact) mass is 286 g/mol. The Morgan fingerprint density at radius 2 is 1.95 bits per heavy atom. The molecule has 0 aromatic heterocycles. The van der Waals surface area contributed by atoms with Gasteiger partial charge in [-0.1, -0.05) is 6.42 Å². The maximum Gasteiger partial charge on any atom is 0.416 e. The van der Waals surface area contributed by atoms with Gasteiger partial charge in [-0.2, -0.15) is 13.2 Å². The fourth-order valence-electron chi connectivity index (χ4n) is 2.49. The molecule has 0 aliphatic heterocycles. The van der Waals surface area contributed by atoms with Crippen molar-refractivity contribution in [2.75, 3.05) is 5.32 Å². The number of halogens is 3. The van der Waals surface area contributed by atoms with E-state index >= 15 is 0 Å². The van der Waals surface area contributed by atoms with Crippen LogP contribution in [-0.4, -0.2) is 11.9 Å². The van der Waals surface area contributed by atoms with Gasteiger partial charge in [0.05, 0.1) is 11.0 Å². The summed E-state index contributed by atoms with van der Waals surface area (Å²) in [5.41, 5.74) is 4.90. The van der Waals surface area contributed by atoms with E-state index in [2.05, 4.69) is 5.32 Å². The zero-order valence-corrected chi connectivity index (χ0v) is 11.1. The fraction of sp³-hybridized carbons (Fsp3) is 0.500. The van der Waals surface area contributed by atoms with E-state index in [4.69, 9.17) is 5.73 Å². The van der Waals surface area contributed by atoms with Gasteiger partial charge in [0.15, 0.2) is 0 Å². The molecule has 20 heavy (non-hydrogen) atoms. The third kappa shape index (κ3) is 2.80.